The predicted molar refractivity (Wildman–Crippen MR) is 131 cm³/mol. The molecule has 2 heterocycles. The van der Waals surface area contributed by atoms with Crippen molar-refractivity contribution in [3.63, 3.8) is 0 Å². The Labute approximate surface area is 201 Å². The van der Waals surface area contributed by atoms with Gasteiger partial charge < -0.3 is 21.4 Å². The van der Waals surface area contributed by atoms with Gasteiger partial charge >= 0.3 is 5.97 Å². The number of carbonyl (C=O) groups is 1. The monoisotopic (exact) mass is 479 g/mol. The van der Waals surface area contributed by atoms with Crippen LogP contribution in [-0.4, -0.2) is 45.1 Å². The van der Waals surface area contributed by atoms with E-state index in [1.807, 2.05) is 13.8 Å². The van der Waals surface area contributed by atoms with Gasteiger partial charge in [0.1, 0.15) is 5.71 Å². The number of carboxylic acids is 1. The summed E-state index contributed by atoms with van der Waals surface area (Å²) >= 11 is 0. The maximum absolute atomic E-state index is 14.2. The lowest BCUT2D eigenvalue weighted by atomic mass is 9.85. The highest BCUT2D eigenvalue weighted by atomic mass is 19.1. The van der Waals surface area contributed by atoms with Crippen molar-refractivity contribution in [3.8, 4) is 17.0 Å². The number of hydrogen-bond donors (Lipinski definition) is 3. The van der Waals surface area contributed by atoms with Crippen LogP contribution in [0.1, 0.15) is 37.4 Å². The van der Waals surface area contributed by atoms with Gasteiger partial charge in [0.2, 0.25) is 5.95 Å². The average Bonchev–Trinajstić information content (AvgIpc) is 2.80. The van der Waals surface area contributed by atoms with Gasteiger partial charge in [-0.3, -0.25) is 14.8 Å². The van der Waals surface area contributed by atoms with Crippen molar-refractivity contribution in [1.29, 1.82) is 0 Å². The number of methoxy groups -OCH3 is 1. The minimum atomic E-state index is -0.900. The maximum atomic E-state index is 14.2. The zero-order chi connectivity index (χ0) is 25.6. The van der Waals surface area contributed by atoms with Crippen LogP contribution in [0.5, 0.6) is 5.75 Å². The molecule has 10 nitrogen and oxygen atoms in total. The number of anilines is 1. The molecule has 0 aliphatic heterocycles. The number of ether oxygens (including phenoxy) is 1. The van der Waals surface area contributed by atoms with Gasteiger partial charge in [-0.15, -0.1) is 0 Å². The molecule has 35 heavy (non-hydrogen) atoms. The first-order chi connectivity index (χ1) is 16.6. The van der Waals surface area contributed by atoms with E-state index in [0.717, 1.165) is 0 Å². The van der Waals surface area contributed by atoms with Gasteiger partial charge in [-0.2, -0.15) is 5.10 Å². The Morgan fingerprint density at radius 2 is 1.94 bits per heavy atom. The second-order valence-corrected chi connectivity index (χ2v) is 8.27. The van der Waals surface area contributed by atoms with Crippen LogP contribution < -0.4 is 16.3 Å². The van der Waals surface area contributed by atoms with Crippen LogP contribution in [0.3, 0.4) is 0 Å². The molecule has 0 spiro atoms. The highest BCUT2D eigenvalue weighted by molar-refractivity contribution is 6.37. The van der Waals surface area contributed by atoms with Crippen LogP contribution in [0.4, 0.5) is 10.3 Å². The Kier molecular flexibility index (Phi) is 7.69. The van der Waals surface area contributed by atoms with E-state index >= 15 is 0 Å². The number of para-hydroxylation sites is 1. The van der Waals surface area contributed by atoms with Crippen LogP contribution in [0, 0.1) is 5.82 Å². The molecule has 0 unspecified atom stereocenters. The fourth-order valence-corrected chi connectivity index (χ4v) is 3.46. The number of pyridine rings is 1. The molecule has 182 valence electrons. The fraction of sp³-hybridized carbons (Fsp3) is 0.250. The summed E-state index contributed by atoms with van der Waals surface area (Å²) in [6.07, 6.45) is 1.37. The number of nitrogen functional groups attached to an aromatic ring is 1. The zero-order valence-corrected chi connectivity index (χ0v) is 19.6. The van der Waals surface area contributed by atoms with Gasteiger partial charge in [-0.1, -0.05) is 26.0 Å². The standard InChI is InChI=1S/C24H26FN7O3/c1-24(2,11-21(33)34)20-9-4-6-14(29-20)12-28-13-19(32-27)18-10-17(30-23(26)31-18)15-7-5-8-16(25)22(15)35-3/h4-10,13H,11-12,27H2,1-3H3,(H,33,34)(H2,26,30,31). The summed E-state index contributed by atoms with van der Waals surface area (Å²) in [6, 6.07) is 11.4. The van der Waals surface area contributed by atoms with Crippen LogP contribution in [0.25, 0.3) is 11.3 Å². The van der Waals surface area contributed by atoms with E-state index in [9.17, 15) is 9.18 Å². The van der Waals surface area contributed by atoms with E-state index in [4.69, 9.17) is 21.4 Å². The smallest absolute Gasteiger partial charge is 0.304 e. The van der Waals surface area contributed by atoms with Gasteiger partial charge in [0, 0.05) is 16.7 Å². The molecule has 0 saturated carbocycles. The van der Waals surface area contributed by atoms with Crippen molar-refractivity contribution in [2.45, 2.75) is 32.2 Å². The number of rotatable bonds is 9. The summed E-state index contributed by atoms with van der Waals surface area (Å²) in [5, 5.41) is 12.9. The van der Waals surface area contributed by atoms with Crippen molar-refractivity contribution in [3.05, 3.63) is 65.4 Å². The first kappa shape index (κ1) is 25.2. The first-order valence-electron chi connectivity index (χ1n) is 10.6. The largest absolute Gasteiger partial charge is 0.493 e. The minimum absolute atomic E-state index is 0.0215. The van der Waals surface area contributed by atoms with Crippen molar-refractivity contribution >= 4 is 23.8 Å². The van der Waals surface area contributed by atoms with Crippen LogP contribution in [0.15, 0.2) is 52.6 Å². The summed E-state index contributed by atoms with van der Waals surface area (Å²) in [5.41, 5.74) is 7.76. The maximum Gasteiger partial charge on any atom is 0.304 e. The lowest BCUT2D eigenvalue weighted by Crippen LogP contribution is -2.23. The Hall–Kier alpha value is -4.41. The molecule has 11 heteroatoms. The Balaban J connectivity index is 1.85. The summed E-state index contributed by atoms with van der Waals surface area (Å²) < 4.78 is 19.3. The van der Waals surface area contributed by atoms with E-state index in [-0.39, 0.29) is 36.1 Å². The van der Waals surface area contributed by atoms with Gasteiger partial charge in [0.05, 0.1) is 43.4 Å². The number of hydrazone groups is 1. The van der Waals surface area contributed by atoms with E-state index < -0.39 is 17.2 Å². The molecule has 0 fully saturated rings. The number of aliphatic imine (C=N–C) groups is 1. The first-order valence-corrected chi connectivity index (χ1v) is 10.6. The van der Waals surface area contributed by atoms with Crippen LogP contribution >= 0.6 is 0 Å². The number of aliphatic carboxylic acids is 1. The average molecular weight is 480 g/mol. The molecule has 2 aromatic heterocycles. The van der Waals surface area contributed by atoms with E-state index in [1.165, 1.54) is 25.5 Å². The minimum Gasteiger partial charge on any atom is -0.493 e. The highest BCUT2D eigenvalue weighted by Crippen LogP contribution is 2.31. The molecule has 0 bridgehead atoms. The lowest BCUT2D eigenvalue weighted by Gasteiger charge is -2.22. The van der Waals surface area contributed by atoms with Crippen molar-refractivity contribution in [2.75, 3.05) is 12.8 Å². The molecular formula is C24H26FN7O3. The Morgan fingerprint density at radius 3 is 2.63 bits per heavy atom. The third-order valence-corrected chi connectivity index (χ3v) is 5.15. The molecule has 0 aliphatic rings. The van der Waals surface area contributed by atoms with Gasteiger partial charge in [-0.25, -0.2) is 14.4 Å². The van der Waals surface area contributed by atoms with Crippen LogP contribution in [-0.2, 0) is 16.8 Å². The SMILES string of the molecule is COc1c(F)cccc1-c1cc(C(C=NCc2cccc(C(C)(C)CC(=O)O)n2)=NN)nc(N)n1. The summed E-state index contributed by atoms with van der Waals surface area (Å²) in [4.78, 5) is 28.4. The van der Waals surface area contributed by atoms with E-state index in [1.54, 1.807) is 30.3 Å². The van der Waals surface area contributed by atoms with Crippen molar-refractivity contribution in [2.24, 2.45) is 15.9 Å². The number of nitrogens with zero attached hydrogens (tertiary/aromatic N) is 5. The van der Waals surface area contributed by atoms with Crippen molar-refractivity contribution in [1.82, 2.24) is 15.0 Å². The number of aromatic nitrogens is 3. The fourth-order valence-electron chi connectivity index (χ4n) is 3.46. The summed E-state index contributed by atoms with van der Waals surface area (Å²) in [7, 11) is 1.36. The van der Waals surface area contributed by atoms with E-state index in [0.29, 0.717) is 22.6 Å². The third kappa shape index (κ3) is 6.14. The van der Waals surface area contributed by atoms with E-state index in [2.05, 4.69) is 25.0 Å². The molecule has 0 atom stereocenters. The number of nitrogens with two attached hydrogens (primary N) is 2. The predicted octanol–water partition coefficient (Wildman–Crippen LogP) is 2.95. The lowest BCUT2D eigenvalue weighted by molar-refractivity contribution is -0.138. The number of halogens is 1. The van der Waals surface area contributed by atoms with Crippen LogP contribution in [0.2, 0.25) is 0 Å². The molecular weight excluding hydrogens is 453 g/mol. The Morgan fingerprint density at radius 1 is 1.20 bits per heavy atom. The second kappa shape index (κ2) is 10.7. The molecule has 3 aromatic rings. The van der Waals surface area contributed by atoms with Gasteiger partial charge in [0.15, 0.2) is 11.6 Å². The van der Waals surface area contributed by atoms with Gasteiger partial charge in [0.25, 0.3) is 0 Å². The highest BCUT2D eigenvalue weighted by Gasteiger charge is 2.25. The number of benzene rings is 1. The topological polar surface area (TPSA) is 162 Å². The third-order valence-electron chi connectivity index (χ3n) is 5.15. The molecule has 0 saturated heterocycles. The summed E-state index contributed by atoms with van der Waals surface area (Å²) in [5.74, 6) is 4.09. The molecule has 0 aliphatic carbocycles. The summed E-state index contributed by atoms with van der Waals surface area (Å²) in [6.45, 7) is 3.84. The van der Waals surface area contributed by atoms with Gasteiger partial charge in [-0.05, 0) is 30.3 Å². The zero-order valence-electron chi connectivity index (χ0n) is 19.6. The molecule has 5 N–H and O–H groups in total. The molecule has 3 rings (SSSR count). The molecule has 0 radical (unpaired) electrons. The van der Waals surface area contributed by atoms with Crippen molar-refractivity contribution < 1.29 is 19.0 Å². The number of carboxylic acid groups (broad SMARTS) is 1. The normalized spacial score (nSPS) is 12.2. The number of hydrogen-bond acceptors (Lipinski definition) is 9. The molecule has 1 aromatic carbocycles. The molecule has 0 amide bonds. The second-order valence-electron chi connectivity index (χ2n) is 8.27. The quantitative estimate of drug-likeness (QED) is 0.240. The Bertz CT molecular complexity index is 1290.